The van der Waals surface area contributed by atoms with E-state index in [-0.39, 0.29) is 22.0 Å². The van der Waals surface area contributed by atoms with Crippen LogP contribution < -0.4 is 0 Å². The predicted octanol–water partition coefficient (Wildman–Crippen LogP) is 2.92. The van der Waals surface area contributed by atoms with Gasteiger partial charge in [0.25, 0.3) is 0 Å². The quantitative estimate of drug-likeness (QED) is 0.588. The standard InChI is InChI=1S/C8H5ClN2O4/c1-15-8(12)4-2-3-5(10-13)6(9)7(4)11-14/h2-3H,1H3. The van der Waals surface area contributed by atoms with Gasteiger partial charge in [-0.2, -0.15) is 0 Å². The van der Waals surface area contributed by atoms with Crippen molar-refractivity contribution < 1.29 is 9.53 Å². The lowest BCUT2D eigenvalue weighted by Crippen LogP contribution is -2.01. The van der Waals surface area contributed by atoms with Gasteiger partial charge < -0.3 is 4.74 Å². The van der Waals surface area contributed by atoms with Crippen LogP contribution in [0.25, 0.3) is 0 Å². The number of carbonyl (C=O) groups is 1. The summed E-state index contributed by atoms with van der Waals surface area (Å²) in [5.74, 6) is -0.760. The highest BCUT2D eigenvalue weighted by Crippen LogP contribution is 2.37. The molecule has 6 nitrogen and oxygen atoms in total. The molecule has 0 N–H and O–H groups in total. The number of hydrogen-bond donors (Lipinski definition) is 0. The van der Waals surface area contributed by atoms with Gasteiger partial charge in [-0.1, -0.05) is 11.6 Å². The Morgan fingerprint density at radius 1 is 1.33 bits per heavy atom. The van der Waals surface area contributed by atoms with E-state index in [0.29, 0.717) is 0 Å². The number of carbonyl (C=O) groups excluding carboxylic acids is 1. The van der Waals surface area contributed by atoms with Crippen LogP contribution in [0.2, 0.25) is 5.02 Å². The van der Waals surface area contributed by atoms with Crippen LogP contribution in [-0.4, -0.2) is 13.1 Å². The fraction of sp³-hybridized carbons (Fsp3) is 0.125. The van der Waals surface area contributed by atoms with Gasteiger partial charge in [-0.3, -0.25) is 0 Å². The minimum absolute atomic E-state index is 0.107. The molecule has 1 aromatic rings. The van der Waals surface area contributed by atoms with Crippen LogP contribution in [0, 0.1) is 9.81 Å². The van der Waals surface area contributed by atoms with Gasteiger partial charge in [0.1, 0.15) is 11.4 Å². The zero-order valence-corrected chi connectivity index (χ0v) is 8.32. The highest BCUT2D eigenvalue weighted by Gasteiger charge is 2.18. The molecule has 78 valence electrons. The number of ether oxygens (including phenoxy) is 1. The fourth-order valence-corrected chi connectivity index (χ4v) is 1.22. The zero-order chi connectivity index (χ0) is 11.4. The molecule has 0 aromatic heterocycles. The molecule has 1 aromatic carbocycles. The minimum atomic E-state index is -0.760. The molecule has 0 saturated heterocycles. The SMILES string of the molecule is COC(=O)c1ccc(N=O)c(Cl)c1N=O. The number of methoxy groups -OCH3 is 1. The number of rotatable bonds is 3. The van der Waals surface area contributed by atoms with E-state index in [9.17, 15) is 14.6 Å². The molecular weight excluding hydrogens is 224 g/mol. The Morgan fingerprint density at radius 2 is 2.00 bits per heavy atom. The second-order valence-electron chi connectivity index (χ2n) is 2.47. The average molecular weight is 229 g/mol. The first kappa shape index (κ1) is 11.3. The maximum absolute atomic E-state index is 11.2. The normalized spacial score (nSPS) is 9.47. The summed E-state index contributed by atoms with van der Waals surface area (Å²) in [5, 5.41) is 4.88. The van der Waals surface area contributed by atoms with E-state index in [1.807, 2.05) is 0 Å². The van der Waals surface area contributed by atoms with E-state index in [0.717, 1.165) is 7.11 Å². The molecule has 1 rings (SSSR count). The van der Waals surface area contributed by atoms with Gasteiger partial charge in [0, 0.05) is 0 Å². The smallest absolute Gasteiger partial charge is 0.340 e. The summed E-state index contributed by atoms with van der Waals surface area (Å²) >= 11 is 5.62. The summed E-state index contributed by atoms with van der Waals surface area (Å²) in [5.41, 5.74) is -0.607. The molecule has 0 radical (unpaired) electrons. The van der Waals surface area contributed by atoms with Crippen molar-refractivity contribution in [1.29, 1.82) is 0 Å². The minimum Gasteiger partial charge on any atom is -0.465 e. The molecular formula is C8H5ClN2O4. The molecule has 0 spiro atoms. The summed E-state index contributed by atoms with van der Waals surface area (Å²) in [4.78, 5) is 31.9. The van der Waals surface area contributed by atoms with Gasteiger partial charge in [-0.15, -0.1) is 9.81 Å². The first-order valence-electron chi connectivity index (χ1n) is 3.73. The second-order valence-corrected chi connectivity index (χ2v) is 2.85. The second kappa shape index (κ2) is 4.61. The Labute approximate surface area is 89.1 Å². The largest absolute Gasteiger partial charge is 0.465 e. The Kier molecular flexibility index (Phi) is 3.46. The third-order valence-corrected chi connectivity index (χ3v) is 2.06. The maximum Gasteiger partial charge on any atom is 0.340 e. The number of hydrogen-bond acceptors (Lipinski definition) is 6. The highest BCUT2D eigenvalue weighted by atomic mass is 35.5. The van der Waals surface area contributed by atoms with Gasteiger partial charge in [0.15, 0.2) is 0 Å². The van der Waals surface area contributed by atoms with Crippen LogP contribution in [0.1, 0.15) is 10.4 Å². The fourth-order valence-electron chi connectivity index (χ4n) is 0.988. The first-order valence-corrected chi connectivity index (χ1v) is 4.11. The molecule has 0 atom stereocenters. The van der Waals surface area contributed by atoms with E-state index < -0.39 is 5.97 Å². The Bertz CT molecular complexity index is 433. The van der Waals surface area contributed by atoms with Crippen molar-refractivity contribution in [3.8, 4) is 0 Å². The van der Waals surface area contributed by atoms with Crippen molar-refractivity contribution in [3.63, 3.8) is 0 Å². The molecule has 0 aliphatic heterocycles. The average Bonchev–Trinajstić information content (AvgIpc) is 2.27. The van der Waals surface area contributed by atoms with Gasteiger partial charge in [0.05, 0.1) is 17.7 Å². The van der Waals surface area contributed by atoms with E-state index >= 15 is 0 Å². The predicted molar refractivity (Wildman–Crippen MR) is 53.7 cm³/mol. The van der Waals surface area contributed by atoms with Crippen molar-refractivity contribution in [2.24, 2.45) is 10.4 Å². The van der Waals surface area contributed by atoms with Gasteiger partial charge in [0.2, 0.25) is 0 Å². The van der Waals surface area contributed by atoms with Gasteiger partial charge >= 0.3 is 5.97 Å². The number of halogens is 1. The molecule has 0 aliphatic carbocycles. The van der Waals surface area contributed by atoms with Crippen molar-refractivity contribution in [3.05, 3.63) is 32.5 Å². The summed E-state index contributed by atoms with van der Waals surface area (Å²) in [7, 11) is 1.15. The van der Waals surface area contributed by atoms with Crippen LogP contribution in [0.3, 0.4) is 0 Å². The topological polar surface area (TPSA) is 85.2 Å². The van der Waals surface area contributed by atoms with Crippen LogP contribution in [0.4, 0.5) is 11.4 Å². The number of nitrogens with zero attached hydrogens (tertiary/aromatic N) is 2. The van der Waals surface area contributed by atoms with Crippen molar-refractivity contribution in [2.75, 3.05) is 7.11 Å². The van der Waals surface area contributed by atoms with Crippen molar-refractivity contribution in [1.82, 2.24) is 0 Å². The number of nitroso groups, excluding NO2 is 2. The first-order chi connectivity index (χ1) is 7.15. The van der Waals surface area contributed by atoms with Crippen LogP contribution >= 0.6 is 11.6 Å². The van der Waals surface area contributed by atoms with Crippen LogP contribution in [-0.2, 0) is 4.74 Å². The molecule has 0 unspecified atom stereocenters. The molecule has 0 saturated carbocycles. The van der Waals surface area contributed by atoms with E-state index in [1.165, 1.54) is 12.1 Å². The molecule has 0 fully saturated rings. The van der Waals surface area contributed by atoms with Gasteiger partial charge in [-0.25, -0.2) is 4.79 Å². The lowest BCUT2D eigenvalue weighted by atomic mass is 10.1. The lowest BCUT2D eigenvalue weighted by molar-refractivity contribution is 0.0601. The number of esters is 1. The van der Waals surface area contributed by atoms with Gasteiger partial charge in [-0.05, 0) is 22.5 Å². The van der Waals surface area contributed by atoms with Crippen LogP contribution in [0.5, 0.6) is 0 Å². The zero-order valence-electron chi connectivity index (χ0n) is 7.56. The Hall–Kier alpha value is -1.82. The summed E-state index contributed by atoms with van der Waals surface area (Å²) in [6.45, 7) is 0. The summed E-state index contributed by atoms with van der Waals surface area (Å²) < 4.78 is 4.40. The molecule has 0 amide bonds. The Balaban J connectivity index is 3.43. The molecule has 0 aliphatic rings. The number of benzene rings is 1. The summed E-state index contributed by atoms with van der Waals surface area (Å²) in [6.07, 6.45) is 0. The third-order valence-electron chi connectivity index (χ3n) is 1.69. The van der Waals surface area contributed by atoms with E-state index in [2.05, 4.69) is 15.1 Å². The highest BCUT2D eigenvalue weighted by molar-refractivity contribution is 6.36. The lowest BCUT2D eigenvalue weighted by Gasteiger charge is -2.03. The molecule has 0 bridgehead atoms. The van der Waals surface area contributed by atoms with Crippen LogP contribution in [0.15, 0.2) is 22.5 Å². The molecule has 0 heterocycles. The third kappa shape index (κ3) is 1.99. The maximum atomic E-state index is 11.2. The van der Waals surface area contributed by atoms with Crippen molar-refractivity contribution >= 4 is 28.9 Å². The Morgan fingerprint density at radius 3 is 2.47 bits per heavy atom. The van der Waals surface area contributed by atoms with E-state index in [4.69, 9.17) is 11.6 Å². The van der Waals surface area contributed by atoms with E-state index in [1.54, 1.807) is 0 Å². The monoisotopic (exact) mass is 228 g/mol. The molecule has 15 heavy (non-hydrogen) atoms. The molecule has 7 heteroatoms. The van der Waals surface area contributed by atoms with Crippen molar-refractivity contribution in [2.45, 2.75) is 0 Å². The summed E-state index contributed by atoms with van der Waals surface area (Å²) in [6, 6.07) is 2.40.